The van der Waals surface area contributed by atoms with E-state index in [0.29, 0.717) is 18.5 Å². The quantitative estimate of drug-likeness (QED) is 0.508. The molecular formula is C21H20F3NO4. The maximum Gasteiger partial charge on any atom is 0.387 e. The van der Waals surface area contributed by atoms with E-state index < -0.39 is 24.6 Å². The van der Waals surface area contributed by atoms with Crippen molar-refractivity contribution in [2.75, 3.05) is 6.54 Å². The number of carbonyl (C=O) groups excluding carboxylic acids is 2. The minimum Gasteiger partial charge on any atom is -0.449 e. The van der Waals surface area contributed by atoms with E-state index in [-0.39, 0.29) is 11.6 Å². The van der Waals surface area contributed by atoms with Gasteiger partial charge in [-0.15, -0.1) is 0 Å². The summed E-state index contributed by atoms with van der Waals surface area (Å²) in [6, 6.07) is 11.6. The van der Waals surface area contributed by atoms with Gasteiger partial charge in [0.15, 0.2) is 6.10 Å². The Labute approximate surface area is 166 Å². The fraction of sp³-hybridized carbons (Fsp3) is 0.238. The van der Waals surface area contributed by atoms with Gasteiger partial charge < -0.3 is 14.8 Å². The monoisotopic (exact) mass is 407 g/mol. The molecule has 29 heavy (non-hydrogen) atoms. The number of hydrogen-bond acceptors (Lipinski definition) is 4. The highest BCUT2D eigenvalue weighted by Gasteiger charge is 2.15. The second kappa shape index (κ2) is 10.9. The number of nitrogens with one attached hydrogen (secondary N) is 1. The summed E-state index contributed by atoms with van der Waals surface area (Å²) in [7, 11) is 0. The van der Waals surface area contributed by atoms with Gasteiger partial charge >= 0.3 is 12.6 Å². The Bertz CT molecular complexity index is 836. The van der Waals surface area contributed by atoms with Gasteiger partial charge in [-0.3, -0.25) is 4.79 Å². The fourth-order valence-electron chi connectivity index (χ4n) is 2.32. The highest BCUT2D eigenvalue weighted by atomic mass is 19.3. The van der Waals surface area contributed by atoms with Crippen LogP contribution in [0.25, 0.3) is 6.08 Å². The predicted molar refractivity (Wildman–Crippen MR) is 101 cm³/mol. The molecule has 0 fully saturated rings. The Morgan fingerprint density at radius 2 is 1.72 bits per heavy atom. The molecule has 1 N–H and O–H groups in total. The van der Waals surface area contributed by atoms with Crippen LogP contribution < -0.4 is 10.1 Å². The molecule has 5 nitrogen and oxygen atoms in total. The summed E-state index contributed by atoms with van der Waals surface area (Å²) in [5.74, 6) is -1.50. The van der Waals surface area contributed by atoms with Crippen molar-refractivity contribution in [3.8, 4) is 5.75 Å². The van der Waals surface area contributed by atoms with Gasteiger partial charge in [-0.1, -0.05) is 24.3 Å². The third-order valence-corrected chi connectivity index (χ3v) is 3.81. The Morgan fingerprint density at radius 3 is 2.34 bits per heavy atom. The van der Waals surface area contributed by atoms with Crippen LogP contribution in [0.4, 0.5) is 13.2 Å². The molecule has 2 aromatic carbocycles. The van der Waals surface area contributed by atoms with E-state index in [2.05, 4.69) is 10.1 Å². The largest absolute Gasteiger partial charge is 0.449 e. The summed E-state index contributed by atoms with van der Waals surface area (Å²) in [5, 5.41) is 2.64. The molecule has 0 bridgehead atoms. The van der Waals surface area contributed by atoms with Crippen molar-refractivity contribution in [1.82, 2.24) is 5.32 Å². The summed E-state index contributed by atoms with van der Waals surface area (Å²) < 4.78 is 46.3. The molecule has 0 saturated heterocycles. The van der Waals surface area contributed by atoms with Crippen molar-refractivity contribution in [3.05, 3.63) is 71.6 Å². The second-order valence-electron chi connectivity index (χ2n) is 6.03. The SMILES string of the molecule is C[C@@H](OC(=O)/C=C/c1ccc(OC(F)F)cc1)C(=O)NCCc1ccc(F)cc1. The lowest BCUT2D eigenvalue weighted by Gasteiger charge is -2.12. The van der Waals surface area contributed by atoms with Gasteiger partial charge in [0.25, 0.3) is 5.91 Å². The lowest BCUT2D eigenvalue weighted by Crippen LogP contribution is -2.36. The maximum atomic E-state index is 12.8. The summed E-state index contributed by atoms with van der Waals surface area (Å²) in [5.41, 5.74) is 1.43. The van der Waals surface area contributed by atoms with Crippen LogP contribution in [-0.4, -0.2) is 31.1 Å². The van der Waals surface area contributed by atoms with Crippen LogP contribution in [0.15, 0.2) is 54.6 Å². The molecular weight excluding hydrogens is 387 g/mol. The van der Waals surface area contributed by atoms with Gasteiger partial charge in [0, 0.05) is 12.6 Å². The first-order chi connectivity index (χ1) is 13.8. The number of halogens is 3. The molecule has 0 aliphatic rings. The summed E-state index contributed by atoms with van der Waals surface area (Å²) in [4.78, 5) is 23.8. The van der Waals surface area contributed by atoms with Gasteiger partial charge in [-0.25, -0.2) is 9.18 Å². The van der Waals surface area contributed by atoms with Crippen molar-refractivity contribution >= 4 is 18.0 Å². The first-order valence-electron chi connectivity index (χ1n) is 8.79. The number of carbonyl (C=O) groups is 2. The van der Waals surface area contributed by atoms with Crippen LogP contribution in [0.5, 0.6) is 5.75 Å². The minimum atomic E-state index is -2.91. The van der Waals surface area contributed by atoms with E-state index >= 15 is 0 Å². The normalized spacial score (nSPS) is 12.0. The average Bonchev–Trinajstić information content (AvgIpc) is 2.68. The molecule has 0 aliphatic heterocycles. The van der Waals surface area contributed by atoms with Crippen molar-refractivity contribution in [2.24, 2.45) is 0 Å². The Kier molecular flexibility index (Phi) is 8.27. The molecule has 154 valence electrons. The smallest absolute Gasteiger partial charge is 0.387 e. The number of benzene rings is 2. The second-order valence-corrected chi connectivity index (χ2v) is 6.03. The van der Waals surface area contributed by atoms with E-state index in [1.165, 1.54) is 49.4 Å². The number of ether oxygens (including phenoxy) is 2. The third-order valence-electron chi connectivity index (χ3n) is 3.81. The van der Waals surface area contributed by atoms with Crippen LogP contribution in [0, 0.1) is 5.82 Å². The Hall–Kier alpha value is -3.29. The molecule has 0 saturated carbocycles. The molecule has 2 rings (SSSR count). The molecule has 0 heterocycles. The summed E-state index contributed by atoms with van der Waals surface area (Å²) in [6.45, 7) is -1.15. The van der Waals surface area contributed by atoms with Crippen molar-refractivity contribution in [2.45, 2.75) is 26.1 Å². The van der Waals surface area contributed by atoms with E-state index in [1.807, 2.05) is 0 Å². The number of alkyl halides is 2. The lowest BCUT2D eigenvalue weighted by molar-refractivity contribution is -0.150. The topological polar surface area (TPSA) is 64.6 Å². The first-order valence-corrected chi connectivity index (χ1v) is 8.79. The first kappa shape index (κ1) is 22.0. The van der Waals surface area contributed by atoms with E-state index in [4.69, 9.17) is 4.74 Å². The molecule has 0 aliphatic carbocycles. The van der Waals surface area contributed by atoms with Crippen LogP contribution >= 0.6 is 0 Å². The lowest BCUT2D eigenvalue weighted by atomic mass is 10.1. The zero-order valence-corrected chi connectivity index (χ0v) is 15.6. The van der Waals surface area contributed by atoms with Crippen LogP contribution in [0.1, 0.15) is 18.1 Å². The van der Waals surface area contributed by atoms with E-state index in [1.54, 1.807) is 12.1 Å². The average molecular weight is 407 g/mol. The molecule has 1 amide bonds. The van der Waals surface area contributed by atoms with Gasteiger partial charge in [0.2, 0.25) is 0 Å². The molecule has 2 aromatic rings. The fourth-order valence-corrected chi connectivity index (χ4v) is 2.32. The van der Waals surface area contributed by atoms with Crippen LogP contribution in [0.3, 0.4) is 0 Å². The minimum absolute atomic E-state index is 0.00524. The number of rotatable bonds is 9. The van der Waals surface area contributed by atoms with Gasteiger partial charge in [0.05, 0.1) is 0 Å². The van der Waals surface area contributed by atoms with Crippen LogP contribution in [0.2, 0.25) is 0 Å². The third kappa shape index (κ3) is 8.08. The van der Waals surface area contributed by atoms with Crippen molar-refractivity contribution in [1.29, 1.82) is 0 Å². The molecule has 0 radical (unpaired) electrons. The van der Waals surface area contributed by atoms with Crippen molar-refractivity contribution < 1.29 is 32.2 Å². The predicted octanol–water partition coefficient (Wildman–Crippen LogP) is 3.73. The summed E-state index contributed by atoms with van der Waals surface area (Å²) >= 11 is 0. The molecule has 0 unspecified atom stereocenters. The Balaban J connectivity index is 1.74. The zero-order valence-electron chi connectivity index (χ0n) is 15.6. The number of hydrogen-bond donors (Lipinski definition) is 1. The Morgan fingerprint density at radius 1 is 1.07 bits per heavy atom. The molecule has 0 spiro atoms. The molecule has 0 aromatic heterocycles. The summed E-state index contributed by atoms with van der Waals surface area (Å²) in [6.07, 6.45) is 2.07. The van der Waals surface area contributed by atoms with E-state index in [9.17, 15) is 22.8 Å². The van der Waals surface area contributed by atoms with Gasteiger partial charge in [-0.2, -0.15) is 8.78 Å². The zero-order chi connectivity index (χ0) is 21.2. The van der Waals surface area contributed by atoms with Crippen molar-refractivity contribution in [3.63, 3.8) is 0 Å². The van der Waals surface area contributed by atoms with Gasteiger partial charge in [-0.05, 0) is 54.8 Å². The standard InChI is InChI=1S/C21H20F3NO4/c1-14(20(27)25-13-12-16-2-7-17(22)8-3-16)28-19(26)11-6-15-4-9-18(10-5-15)29-21(23)24/h2-11,14,21H,12-13H2,1H3,(H,25,27)/b11-6+/t14-/m1/s1. The number of esters is 1. The van der Waals surface area contributed by atoms with E-state index in [0.717, 1.165) is 11.6 Å². The highest BCUT2D eigenvalue weighted by molar-refractivity contribution is 5.90. The maximum absolute atomic E-state index is 12.8. The highest BCUT2D eigenvalue weighted by Crippen LogP contribution is 2.15. The van der Waals surface area contributed by atoms with Gasteiger partial charge in [0.1, 0.15) is 11.6 Å². The van der Waals surface area contributed by atoms with Crippen LogP contribution in [-0.2, 0) is 20.7 Å². The molecule has 8 heteroatoms. The number of amides is 1. The molecule has 1 atom stereocenters.